The SMILES string of the molecule is C=C1C(c2ccccc2)=NC(c2ccc3c(c2)C(C)(C)c2ccccc2-3)=NC1c1cccc2c1C1C=CC=CC(n3c4ccccc4c4c(-c5ccccc5)cccc43)=C1O2. The van der Waals surface area contributed by atoms with Gasteiger partial charge in [0, 0.05) is 38.5 Å². The van der Waals surface area contributed by atoms with Crippen LogP contribution in [-0.2, 0) is 5.41 Å². The van der Waals surface area contributed by atoms with Crippen LogP contribution in [0.5, 0.6) is 5.75 Å². The van der Waals surface area contributed by atoms with E-state index in [9.17, 15) is 0 Å². The maximum absolute atomic E-state index is 7.08. The predicted molar refractivity (Wildman–Crippen MR) is 252 cm³/mol. The zero-order valence-corrected chi connectivity index (χ0v) is 34.0. The van der Waals surface area contributed by atoms with Crippen LogP contribution in [0.15, 0.2) is 216 Å². The molecular weight excluding hydrogens is 743 g/mol. The van der Waals surface area contributed by atoms with Gasteiger partial charge in [0.05, 0.1) is 28.4 Å². The lowest BCUT2D eigenvalue weighted by Crippen LogP contribution is -2.21. The van der Waals surface area contributed by atoms with Crippen LogP contribution < -0.4 is 4.74 Å². The lowest BCUT2D eigenvalue weighted by Gasteiger charge is -2.26. The monoisotopic (exact) mass is 783 g/mol. The molecule has 0 bridgehead atoms. The molecule has 290 valence electrons. The Bertz CT molecular complexity index is 3320. The first kappa shape index (κ1) is 35.4. The van der Waals surface area contributed by atoms with Gasteiger partial charge in [-0.3, -0.25) is 4.99 Å². The largest absolute Gasteiger partial charge is 0.458 e. The van der Waals surface area contributed by atoms with Crippen LogP contribution in [0.4, 0.5) is 0 Å². The topological polar surface area (TPSA) is 38.9 Å². The maximum Gasteiger partial charge on any atom is 0.156 e. The van der Waals surface area contributed by atoms with Crippen LogP contribution in [0.2, 0.25) is 0 Å². The highest BCUT2D eigenvalue weighted by Gasteiger charge is 2.39. The van der Waals surface area contributed by atoms with Crippen molar-refractivity contribution in [1.82, 2.24) is 4.57 Å². The van der Waals surface area contributed by atoms with Gasteiger partial charge in [-0.15, -0.1) is 0 Å². The van der Waals surface area contributed by atoms with E-state index in [-0.39, 0.29) is 11.3 Å². The van der Waals surface area contributed by atoms with Crippen LogP contribution in [0.3, 0.4) is 0 Å². The van der Waals surface area contributed by atoms with E-state index in [0.29, 0.717) is 5.84 Å². The van der Waals surface area contributed by atoms with Crippen molar-refractivity contribution in [3.63, 3.8) is 0 Å². The van der Waals surface area contributed by atoms with Gasteiger partial charge in [0.25, 0.3) is 0 Å². The second-order valence-corrected chi connectivity index (χ2v) is 16.9. The Labute approximate surface area is 355 Å². The maximum atomic E-state index is 7.08. The number of benzene rings is 7. The van der Waals surface area contributed by atoms with Gasteiger partial charge in [0.2, 0.25) is 0 Å². The van der Waals surface area contributed by atoms with E-state index in [0.717, 1.165) is 61.8 Å². The molecule has 0 amide bonds. The van der Waals surface area contributed by atoms with E-state index < -0.39 is 6.04 Å². The summed E-state index contributed by atoms with van der Waals surface area (Å²) in [5.41, 5.74) is 16.6. The standard InChI is InChI=1S/C57H41N3O/c1-35-53(37-20-8-5-9-21-37)58-56(38-32-33-41-40-22-10-13-27-45(40)57(2,3)46(41)34-38)59-54(35)43-26-17-31-50-52(43)44-24-12-15-29-49(55(44)61-50)60-47-28-14-11-23-42(47)51-39(25-16-30-48(51)60)36-18-6-4-7-19-36/h4-34,44,54H,1H2,2-3H3. The minimum Gasteiger partial charge on any atom is -0.458 e. The van der Waals surface area contributed by atoms with Crippen molar-refractivity contribution in [3.05, 3.63) is 239 Å². The molecule has 2 aliphatic heterocycles. The lowest BCUT2D eigenvalue weighted by molar-refractivity contribution is 0.439. The number of ether oxygens (including phenoxy) is 1. The van der Waals surface area contributed by atoms with Crippen molar-refractivity contribution in [3.8, 4) is 28.0 Å². The summed E-state index contributed by atoms with van der Waals surface area (Å²) in [6, 6.07) is 57.9. The van der Waals surface area contributed by atoms with Crippen LogP contribution in [0.1, 0.15) is 59.2 Å². The van der Waals surface area contributed by atoms with E-state index in [1.807, 2.05) is 6.07 Å². The summed E-state index contributed by atoms with van der Waals surface area (Å²) in [7, 11) is 0. The Morgan fingerprint density at radius 2 is 1.33 bits per heavy atom. The molecule has 1 aromatic heterocycles. The first-order valence-electron chi connectivity index (χ1n) is 21.1. The number of fused-ring (bicyclic) bond motifs is 9. The Morgan fingerprint density at radius 3 is 2.18 bits per heavy atom. The summed E-state index contributed by atoms with van der Waals surface area (Å²) < 4.78 is 9.47. The van der Waals surface area contributed by atoms with Crippen LogP contribution in [0, 0.1) is 0 Å². The number of hydrogen-bond donors (Lipinski definition) is 0. The average Bonchev–Trinajstić information content (AvgIpc) is 3.86. The smallest absolute Gasteiger partial charge is 0.156 e. The van der Waals surface area contributed by atoms with E-state index in [2.05, 4.69) is 200 Å². The highest BCUT2D eigenvalue weighted by Crippen LogP contribution is 2.52. The Hall–Kier alpha value is -7.56. The van der Waals surface area contributed by atoms with Crippen molar-refractivity contribution in [2.75, 3.05) is 0 Å². The Kier molecular flexibility index (Phi) is 7.82. The Morgan fingerprint density at radius 1 is 0.623 bits per heavy atom. The van der Waals surface area contributed by atoms with Crippen molar-refractivity contribution < 1.29 is 4.74 Å². The normalized spacial score (nSPS) is 18.3. The van der Waals surface area contributed by atoms with Crippen molar-refractivity contribution in [2.45, 2.75) is 31.2 Å². The predicted octanol–water partition coefficient (Wildman–Crippen LogP) is 13.8. The molecule has 2 atom stereocenters. The first-order chi connectivity index (χ1) is 30.0. The van der Waals surface area contributed by atoms with Gasteiger partial charge in [-0.1, -0.05) is 178 Å². The van der Waals surface area contributed by atoms with E-state index in [4.69, 9.17) is 21.3 Å². The van der Waals surface area contributed by atoms with Crippen LogP contribution >= 0.6 is 0 Å². The highest BCUT2D eigenvalue weighted by atomic mass is 16.5. The minimum atomic E-state index is -0.395. The summed E-state index contributed by atoms with van der Waals surface area (Å²) in [6.45, 7) is 9.38. The molecule has 8 aromatic rings. The van der Waals surface area contributed by atoms with Crippen molar-refractivity contribution in [1.29, 1.82) is 0 Å². The summed E-state index contributed by atoms with van der Waals surface area (Å²) in [5.74, 6) is 2.28. The molecule has 0 saturated heterocycles. The molecule has 3 heterocycles. The number of hydrogen-bond acceptors (Lipinski definition) is 3. The van der Waals surface area contributed by atoms with Crippen LogP contribution in [0.25, 0.3) is 49.8 Å². The summed E-state index contributed by atoms with van der Waals surface area (Å²) in [5, 5.41) is 2.43. The number of rotatable bonds is 5. The van der Waals surface area contributed by atoms with Crippen molar-refractivity contribution >= 4 is 39.1 Å². The Balaban J connectivity index is 1.02. The fourth-order valence-electron chi connectivity index (χ4n) is 10.3. The summed E-state index contributed by atoms with van der Waals surface area (Å²) >= 11 is 0. The molecule has 4 aliphatic rings. The number of aromatic nitrogens is 1. The van der Waals surface area contributed by atoms with E-state index in [1.165, 1.54) is 44.2 Å². The number of nitrogens with zero attached hydrogens (tertiary/aromatic N) is 3. The van der Waals surface area contributed by atoms with E-state index in [1.54, 1.807) is 0 Å². The lowest BCUT2D eigenvalue weighted by atomic mass is 9.82. The average molecular weight is 784 g/mol. The number of allylic oxidation sites excluding steroid dienone is 5. The molecular formula is C57H41N3O. The van der Waals surface area contributed by atoms with Gasteiger partial charge < -0.3 is 9.30 Å². The van der Waals surface area contributed by atoms with E-state index >= 15 is 0 Å². The summed E-state index contributed by atoms with van der Waals surface area (Å²) in [4.78, 5) is 10.9. The molecule has 4 heteroatoms. The molecule has 0 spiro atoms. The number of para-hydroxylation sites is 1. The quantitative estimate of drug-likeness (QED) is 0.171. The minimum absolute atomic E-state index is 0.149. The highest BCUT2D eigenvalue weighted by molar-refractivity contribution is 6.22. The number of amidine groups is 1. The van der Waals surface area contributed by atoms with Gasteiger partial charge in [-0.25, -0.2) is 4.99 Å². The molecule has 2 unspecified atom stereocenters. The molecule has 0 radical (unpaired) electrons. The van der Waals surface area contributed by atoms with Gasteiger partial charge in [0.1, 0.15) is 17.6 Å². The third kappa shape index (κ3) is 5.31. The number of aliphatic imine (C=N–C) groups is 2. The molecule has 0 saturated carbocycles. The van der Waals surface area contributed by atoms with Gasteiger partial charge in [-0.05, 0) is 69.3 Å². The second kappa shape index (κ2) is 13.5. The van der Waals surface area contributed by atoms with Crippen LogP contribution in [-0.4, -0.2) is 16.1 Å². The zero-order valence-electron chi connectivity index (χ0n) is 34.0. The molecule has 4 nitrogen and oxygen atoms in total. The van der Waals surface area contributed by atoms with Crippen molar-refractivity contribution in [2.24, 2.45) is 9.98 Å². The molecule has 0 N–H and O–H groups in total. The third-order valence-corrected chi connectivity index (χ3v) is 13.1. The van der Waals surface area contributed by atoms with Gasteiger partial charge >= 0.3 is 0 Å². The molecule has 61 heavy (non-hydrogen) atoms. The zero-order chi connectivity index (χ0) is 40.8. The fourth-order valence-corrected chi connectivity index (χ4v) is 10.3. The molecule has 2 aliphatic carbocycles. The fraction of sp³-hybridized carbons (Fsp3) is 0.0877. The third-order valence-electron chi connectivity index (χ3n) is 13.1. The first-order valence-corrected chi connectivity index (χ1v) is 21.1. The molecule has 7 aromatic carbocycles. The van der Waals surface area contributed by atoms with Gasteiger partial charge in [0.15, 0.2) is 5.84 Å². The summed E-state index contributed by atoms with van der Waals surface area (Å²) in [6.07, 6.45) is 8.75. The molecule has 12 rings (SSSR count). The molecule has 0 fully saturated rings. The van der Waals surface area contributed by atoms with Gasteiger partial charge in [-0.2, -0.15) is 0 Å². The second-order valence-electron chi connectivity index (χ2n) is 16.9.